The number of ether oxygens (including phenoxy) is 1. The highest BCUT2D eigenvalue weighted by molar-refractivity contribution is 7.89. The van der Waals surface area contributed by atoms with Crippen LogP contribution in [0.5, 0.6) is 0 Å². The number of hydrogen-bond acceptors (Lipinski definition) is 6. The largest absolute Gasteiger partial charge is 0.444 e. The molecule has 0 saturated carbocycles. The van der Waals surface area contributed by atoms with Gasteiger partial charge < -0.3 is 15.0 Å². The Labute approximate surface area is 203 Å². The maximum Gasteiger partial charge on any atom is 0.410 e. The molecule has 0 unspecified atom stereocenters. The average Bonchev–Trinajstić information content (AvgIpc) is 3.05. The molecule has 2 heterocycles. The zero-order chi connectivity index (χ0) is 25.0. The topological polar surface area (TPSA) is 101 Å². The lowest BCUT2D eigenvalue weighted by molar-refractivity contribution is 0.0131. The number of amides is 1. The third-order valence-corrected chi connectivity index (χ3v) is 7.06. The first-order valence-corrected chi connectivity index (χ1v) is 13.1. The van der Waals surface area contributed by atoms with E-state index in [9.17, 15) is 13.2 Å². The molecule has 0 bridgehead atoms. The van der Waals surface area contributed by atoms with Gasteiger partial charge in [-0.1, -0.05) is 24.3 Å². The van der Waals surface area contributed by atoms with E-state index in [4.69, 9.17) is 4.74 Å². The molecule has 1 aromatic carbocycles. The second-order valence-corrected chi connectivity index (χ2v) is 12.1. The standard InChI is InChI=1S/C25H36N4O4S/c1-24(2,3)33-23(30)29-18-19(17-25(29,4)5)11-10-16-26-34(31,32)22-15-9-14-21(28-22)27-20-12-7-6-8-13-20/h6-9,12-15,19,26H,10-11,16-18H2,1-5H3,(H,27,28)/t19-/m0/s1. The minimum absolute atomic E-state index is 0.0217. The van der Waals surface area contributed by atoms with Crippen LogP contribution in [-0.4, -0.2) is 48.6 Å². The summed E-state index contributed by atoms with van der Waals surface area (Å²) in [4.78, 5) is 18.6. The Bertz CT molecular complexity index is 1080. The van der Waals surface area contributed by atoms with Gasteiger partial charge in [-0.05, 0) is 84.1 Å². The number of rotatable bonds is 8. The van der Waals surface area contributed by atoms with Crippen LogP contribution in [0.4, 0.5) is 16.3 Å². The number of carbonyl (C=O) groups excluding carboxylic acids is 1. The smallest absolute Gasteiger partial charge is 0.410 e. The van der Waals surface area contributed by atoms with E-state index in [0.29, 0.717) is 31.2 Å². The number of hydrogen-bond donors (Lipinski definition) is 2. The number of carbonyl (C=O) groups is 1. The summed E-state index contributed by atoms with van der Waals surface area (Å²) in [6, 6.07) is 14.3. The van der Waals surface area contributed by atoms with E-state index >= 15 is 0 Å². The molecule has 2 aromatic rings. The molecule has 0 aliphatic carbocycles. The van der Waals surface area contributed by atoms with Crippen molar-refractivity contribution in [3.63, 3.8) is 0 Å². The van der Waals surface area contributed by atoms with Gasteiger partial charge in [0.15, 0.2) is 5.03 Å². The van der Waals surface area contributed by atoms with Gasteiger partial charge in [-0.2, -0.15) is 0 Å². The van der Waals surface area contributed by atoms with Crippen LogP contribution in [0.3, 0.4) is 0 Å². The third kappa shape index (κ3) is 7.17. The highest BCUT2D eigenvalue weighted by Gasteiger charge is 2.42. The number of sulfonamides is 1. The Morgan fingerprint density at radius 2 is 1.85 bits per heavy atom. The summed E-state index contributed by atoms with van der Waals surface area (Å²) in [6.45, 7) is 10.6. The van der Waals surface area contributed by atoms with E-state index in [2.05, 4.69) is 15.0 Å². The number of nitrogens with zero attached hydrogens (tertiary/aromatic N) is 2. The van der Waals surface area contributed by atoms with Gasteiger partial charge in [0.2, 0.25) is 0 Å². The van der Waals surface area contributed by atoms with Crippen molar-refractivity contribution in [1.29, 1.82) is 0 Å². The molecule has 1 saturated heterocycles. The molecule has 3 rings (SSSR count). The van der Waals surface area contributed by atoms with E-state index in [1.807, 2.05) is 65.0 Å². The van der Waals surface area contributed by atoms with Gasteiger partial charge in [0.25, 0.3) is 10.0 Å². The predicted octanol–water partition coefficient (Wildman–Crippen LogP) is 4.92. The van der Waals surface area contributed by atoms with Gasteiger partial charge in [0.05, 0.1) is 0 Å². The fourth-order valence-corrected chi connectivity index (χ4v) is 5.23. The molecule has 0 spiro atoms. The van der Waals surface area contributed by atoms with Crippen molar-refractivity contribution in [2.45, 2.75) is 70.0 Å². The number of aromatic nitrogens is 1. The van der Waals surface area contributed by atoms with Crippen molar-refractivity contribution < 1.29 is 17.9 Å². The summed E-state index contributed by atoms with van der Waals surface area (Å²) in [6.07, 6.45) is 2.04. The van der Waals surface area contributed by atoms with Crippen molar-refractivity contribution in [2.24, 2.45) is 5.92 Å². The van der Waals surface area contributed by atoms with Crippen LogP contribution in [0.2, 0.25) is 0 Å². The lowest BCUT2D eigenvalue weighted by Gasteiger charge is -2.33. The first kappa shape index (κ1) is 26.0. The van der Waals surface area contributed by atoms with Crippen LogP contribution in [0.25, 0.3) is 0 Å². The predicted molar refractivity (Wildman–Crippen MR) is 134 cm³/mol. The fraction of sp³-hybridized carbons (Fsp3) is 0.520. The maximum absolute atomic E-state index is 12.7. The quantitative estimate of drug-likeness (QED) is 0.512. The van der Waals surface area contributed by atoms with Crippen LogP contribution in [0.15, 0.2) is 53.6 Å². The van der Waals surface area contributed by atoms with Gasteiger partial charge in [0.1, 0.15) is 11.4 Å². The number of pyridine rings is 1. The van der Waals surface area contributed by atoms with Crippen molar-refractivity contribution >= 4 is 27.6 Å². The van der Waals surface area contributed by atoms with Crippen molar-refractivity contribution in [2.75, 3.05) is 18.4 Å². The minimum Gasteiger partial charge on any atom is -0.444 e. The Hall–Kier alpha value is -2.65. The molecule has 1 amide bonds. The number of benzene rings is 1. The first-order valence-electron chi connectivity index (χ1n) is 11.7. The van der Waals surface area contributed by atoms with E-state index < -0.39 is 15.6 Å². The maximum atomic E-state index is 12.7. The van der Waals surface area contributed by atoms with Crippen LogP contribution >= 0.6 is 0 Å². The summed E-state index contributed by atoms with van der Waals surface area (Å²) in [7, 11) is -3.72. The summed E-state index contributed by atoms with van der Waals surface area (Å²) in [5.74, 6) is 0.757. The van der Waals surface area contributed by atoms with E-state index in [0.717, 1.165) is 18.5 Å². The third-order valence-electron chi connectivity index (χ3n) is 5.70. The van der Waals surface area contributed by atoms with Crippen molar-refractivity contribution in [3.8, 4) is 0 Å². The first-order chi connectivity index (χ1) is 15.9. The Kier molecular flexibility index (Phi) is 7.88. The zero-order valence-corrected chi connectivity index (χ0v) is 21.5. The number of anilines is 2. The van der Waals surface area contributed by atoms with E-state index in [1.54, 1.807) is 17.0 Å². The number of likely N-dealkylation sites (tertiary alicyclic amines) is 1. The Morgan fingerprint density at radius 3 is 2.53 bits per heavy atom. The van der Waals surface area contributed by atoms with Gasteiger partial charge >= 0.3 is 6.09 Å². The highest BCUT2D eigenvalue weighted by Crippen LogP contribution is 2.36. The lowest BCUT2D eigenvalue weighted by Crippen LogP contribution is -2.45. The highest BCUT2D eigenvalue weighted by atomic mass is 32.2. The molecule has 2 N–H and O–H groups in total. The Morgan fingerprint density at radius 1 is 1.15 bits per heavy atom. The molecule has 1 aliphatic heterocycles. The minimum atomic E-state index is -3.72. The second kappa shape index (κ2) is 10.3. The average molecular weight is 489 g/mol. The van der Waals surface area contributed by atoms with E-state index in [-0.39, 0.29) is 16.7 Å². The zero-order valence-electron chi connectivity index (χ0n) is 20.7. The van der Waals surface area contributed by atoms with Crippen LogP contribution in [0, 0.1) is 5.92 Å². The molecule has 1 aromatic heterocycles. The molecule has 8 nitrogen and oxygen atoms in total. The van der Waals surface area contributed by atoms with Crippen LogP contribution in [-0.2, 0) is 14.8 Å². The van der Waals surface area contributed by atoms with Gasteiger partial charge in [-0.15, -0.1) is 0 Å². The van der Waals surface area contributed by atoms with Crippen molar-refractivity contribution in [1.82, 2.24) is 14.6 Å². The lowest BCUT2D eigenvalue weighted by atomic mass is 9.93. The summed E-state index contributed by atoms with van der Waals surface area (Å²) >= 11 is 0. The summed E-state index contributed by atoms with van der Waals surface area (Å²) < 4.78 is 33.7. The number of para-hydroxylation sites is 1. The van der Waals surface area contributed by atoms with Gasteiger partial charge in [-0.25, -0.2) is 22.9 Å². The molecule has 1 fully saturated rings. The SMILES string of the molecule is CC(C)(C)OC(=O)N1C[C@@H](CCCNS(=O)(=O)c2cccc(Nc3ccccc3)n2)CC1(C)C. The van der Waals surface area contributed by atoms with Crippen LogP contribution < -0.4 is 10.0 Å². The monoisotopic (exact) mass is 488 g/mol. The normalized spacial score (nSPS) is 18.0. The van der Waals surface area contributed by atoms with Gasteiger partial charge in [0, 0.05) is 24.3 Å². The molecule has 34 heavy (non-hydrogen) atoms. The van der Waals surface area contributed by atoms with Crippen LogP contribution in [0.1, 0.15) is 53.9 Å². The molecule has 1 atom stereocenters. The fourth-order valence-electron chi connectivity index (χ4n) is 4.19. The van der Waals surface area contributed by atoms with Crippen molar-refractivity contribution in [3.05, 3.63) is 48.5 Å². The summed E-state index contributed by atoms with van der Waals surface area (Å²) in [5.41, 5.74) is 0.00565. The Balaban J connectivity index is 1.51. The summed E-state index contributed by atoms with van der Waals surface area (Å²) in [5, 5.41) is 3.09. The molecule has 9 heteroatoms. The van der Waals surface area contributed by atoms with E-state index in [1.165, 1.54) is 6.07 Å². The number of nitrogens with one attached hydrogen (secondary N) is 2. The molecule has 1 aliphatic rings. The molecule has 0 radical (unpaired) electrons. The second-order valence-electron chi connectivity index (χ2n) is 10.4. The molecular formula is C25H36N4O4S. The molecular weight excluding hydrogens is 452 g/mol. The molecule has 186 valence electrons. The van der Waals surface area contributed by atoms with Gasteiger partial charge in [-0.3, -0.25) is 0 Å².